The highest BCUT2D eigenvalue weighted by atomic mass is 35.5. The van der Waals surface area contributed by atoms with E-state index in [1.807, 2.05) is 0 Å². The van der Waals surface area contributed by atoms with Gasteiger partial charge in [-0.05, 0) is 30.3 Å². The molecule has 0 bridgehead atoms. The lowest BCUT2D eigenvalue weighted by Gasteiger charge is -2.14. The third-order valence-corrected chi connectivity index (χ3v) is 5.88. The van der Waals surface area contributed by atoms with Crippen molar-refractivity contribution >= 4 is 33.2 Å². The molecule has 1 N–H and O–H groups in total. The number of anilines is 1. The number of sulfonamides is 1. The average molecular weight is 383 g/mol. The van der Waals surface area contributed by atoms with Crippen molar-refractivity contribution in [2.24, 2.45) is 0 Å². The van der Waals surface area contributed by atoms with Crippen LogP contribution in [0.15, 0.2) is 41.3 Å². The van der Waals surface area contributed by atoms with Crippen molar-refractivity contribution in [1.29, 1.82) is 0 Å². The number of benzene rings is 2. The monoisotopic (exact) mass is 382 g/mol. The number of hydrogen-bond acceptors (Lipinski definition) is 5. The van der Waals surface area contributed by atoms with Crippen molar-refractivity contribution in [2.45, 2.75) is 4.90 Å². The molecule has 1 amide bonds. The van der Waals surface area contributed by atoms with Crippen LogP contribution in [0.5, 0.6) is 11.5 Å². The van der Waals surface area contributed by atoms with Crippen LogP contribution in [0.1, 0.15) is 10.4 Å². The van der Waals surface area contributed by atoms with Gasteiger partial charge in [0, 0.05) is 31.4 Å². The third-order valence-electron chi connectivity index (χ3n) is 3.58. The van der Waals surface area contributed by atoms with Crippen molar-refractivity contribution in [3.05, 3.63) is 47.0 Å². The Morgan fingerprint density at radius 1 is 1.12 bits per heavy atom. The molecular weight excluding hydrogens is 368 g/mol. The fourth-order valence-electron chi connectivity index (χ4n) is 2.22. The summed E-state index contributed by atoms with van der Waals surface area (Å²) in [5.74, 6) is 0.666. The van der Waals surface area contributed by atoms with E-state index in [1.54, 1.807) is 18.2 Å². The zero-order valence-corrected chi connectivity index (χ0v) is 15.0. The van der Waals surface area contributed by atoms with Gasteiger partial charge in [-0.2, -0.15) is 0 Å². The molecule has 0 atom stereocenters. The van der Waals surface area contributed by atoms with E-state index in [0.717, 1.165) is 4.31 Å². The number of hydrogen-bond donors (Lipinski definition) is 1. The summed E-state index contributed by atoms with van der Waals surface area (Å²) in [5.41, 5.74) is 0.670. The summed E-state index contributed by atoms with van der Waals surface area (Å²) >= 11 is 5.99. The molecule has 25 heavy (non-hydrogen) atoms. The molecule has 2 aromatic rings. The van der Waals surface area contributed by atoms with Crippen LogP contribution in [0.25, 0.3) is 0 Å². The smallest absolute Gasteiger partial charge is 0.255 e. The predicted molar refractivity (Wildman–Crippen MR) is 92.8 cm³/mol. The lowest BCUT2D eigenvalue weighted by molar-refractivity contribution is 0.102. The quantitative estimate of drug-likeness (QED) is 0.878. The Hall–Kier alpha value is -2.29. The van der Waals surface area contributed by atoms with E-state index in [4.69, 9.17) is 21.1 Å². The number of carbonyl (C=O) groups excluding carboxylic acids is 1. The highest BCUT2D eigenvalue weighted by Gasteiger charge is 2.22. The molecular formula is C16H15ClN2O5S. The van der Waals surface area contributed by atoms with Gasteiger partial charge in [-0.3, -0.25) is 4.79 Å². The van der Waals surface area contributed by atoms with Crippen LogP contribution < -0.4 is 14.8 Å². The zero-order valence-electron chi connectivity index (χ0n) is 13.4. The van der Waals surface area contributed by atoms with Gasteiger partial charge in [0.2, 0.25) is 16.8 Å². The first-order chi connectivity index (χ1) is 11.8. The van der Waals surface area contributed by atoms with Crippen molar-refractivity contribution in [3.63, 3.8) is 0 Å². The van der Waals surface area contributed by atoms with Crippen molar-refractivity contribution in [2.75, 3.05) is 26.2 Å². The SMILES string of the molecule is CN(C)S(=O)(=O)c1cc(C(=O)Nc2ccc3c(c2)OCO3)ccc1Cl. The molecule has 0 unspecified atom stereocenters. The first-order valence-corrected chi connectivity index (χ1v) is 9.04. The molecule has 0 fully saturated rings. The van der Waals surface area contributed by atoms with Gasteiger partial charge in [0.25, 0.3) is 5.91 Å². The minimum atomic E-state index is -3.76. The average Bonchev–Trinajstić information content (AvgIpc) is 3.02. The van der Waals surface area contributed by atoms with Crippen LogP contribution in [-0.2, 0) is 10.0 Å². The summed E-state index contributed by atoms with van der Waals surface area (Å²) < 4.78 is 36.1. The zero-order chi connectivity index (χ0) is 18.2. The number of ether oxygens (including phenoxy) is 2. The second-order valence-electron chi connectivity index (χ2n) is 5.45. The van der Waals surface area contributed by atoms with Gasteiger partial charge >= 0.3 is 0 Å². The van der Waals surface area contributed by atoms with E-state index < -0.39 is 15.9 Å². The van der Waals surface area contributed by atoms with Crippen LogP contribution in [0.2, 0.25) is 5.02 Å². The molecule has 0 spiro atoms. The minimum Gasteiger partial charge on any atom is -0.454 e. The molecule has 1 aliphatic rings. The van der Waals surface area contributed by atoms with Gasteiger partial charge in [0.1, 0.15) is 4.90 Å². The number of fused-ring (bicyclic) bond motifs is 1. The van der Waals surface area contributed by atoms with Gasteiger partial charge in [-0.15, -0.1) is 0 Å². The van der Waals surface area contributed by atoms with E-state index in [-0.39, 0.29) is 22.3 Å². The van der Waals surface area contributed by atoms with Gasteiger partial charge in [-0.25, -0.2) is 12.7 Å². The molecule has 1 aliphatic heterocycles. The van der Waals surface area contributed by atoms with E-state index in [1.165, 1.54) is 32.3 Å². The van der Waals surface area contributed by atoms with Crippen LogP contribution in [0, 0.1) is 0 Å². The maximum Gasteiger partial charge on any atom is 0.255 e. The molecule has 0 saturated carbocycles. The second kappa shape index (κ2) is 6.55. The maximum absolute atomic E-state index is 12.4. The first kappa shape index (κ1) is 17.5. The Bertz CT molecular complexity index is 944. The summed E-state index contributed by atoms with van der Waals surface area (Å²) in [5, 5.41) is 2.74. The van der Waals surface area contributed by atoms with E-state index in [0.29, 0.717) is 17.2 Å². The Morgan fingerprint density at radius 3 is 2.56 bits per heavy atom. The summed E-state index contributed by atoms with van der Waals surface area (Å²) in [6.45, 7) is 0.135. The molecule has 0 radical (unpaired) electrons. The number of rotatable bonds is 4. The number of carbonyl (C=O) groups is 1. The topological polar surface area (TPSA) is 84.9 Å². The molecule has 7 nitrogen and oxygen atoms in total. The molecule has 1 heterocycles. The number of halogens is 1. The highest BCUT2D eigenvalue weighted by Crippen LogP contribution is 2.34. The molecule has 2 aromatic carbocycles. The highest BCUT2D eigenvalue weighted by molar-refractivity contribution is 7.89. The maximum atomic E-state index is 12.4. The standard InChI is InChI=1S/C16H15ClN2O5S/c1-19(2)25(21,22)15-7-10(3-5-12(15)17)16(20)18-11-4-6-13-14(8-11)24-9-23-13/h3-8H,9H2,1-2H3,(H,18,20). The van der Waals surface area contributed by atoms with Crippen LogP contribution in [-0.4, -0.2) is 39.5 Å². The van der Waals surface area contributed by atoms with Gasteiger partial charge in [0.15, 0.2) is 11.5 Å². The fraction of sp³-hybridized carbons (Fsp3) is 0.188. The van der Waals surface area contributed by atoms with Crippen LogP contribution >= 0.6 is 11.6 Å². The van der Waals surface area contributed by atoms with E-state index >= 15 is 0 Å². The molecule has 3 rings (SSSR count). The number of nitrogens with one attached hydrogen (secondary N) is 1. The lowest BCUT2D eigenvalue weighted by atomic mass is 10.2. The molecule has 132 valence electrons. The van der Waals surface area contributed by atoms with Crippen molar-refractivity contribution < 1.29 is 22.7 Å². The van der Waals surface area contributed by atoms with Crippen molar-refractivity contribution in [3.8, 4) is 11.5 Å². The molecule has 0 aromatic heterocycles. The molecule has 0 saturated heterocycles. The van der Waals surface area contributed by atoms with Gasteiger partial charge in [-0.1, -0.05) is 11.6 Å². The number of nitrogens with zero attached hydrogens (tertiary/aromatic N) is 1. The van der Waals surface area contributed by atoms with E-state index in [9.17, 15) is 13.2 Å². The minimum absolute atomic E-state index is 0.0494. The Labute approximate surface area is 150 Å². The second-order valence-corrected chi connectivity index (χ2v) is 7.98. The predicted octanol–water partition coefficient (Wildman–Crippen LogP) is 2.57. The van der Waals surface area contributed by atoms with Crippen LogP contribution in [0.3, 0.4) is 0 Å². The Kier molecular flexibility index (Phi) is 4.59. The van der Waals surface area contributed by atoms with Crippen molar-refractivity contribution in [1.82, 2.24) is 4.31 Å². The third kappa shape index (κ3) is 3.41. The Morgan fingerprint density at radius 2 is 1.84 bits per heavy atom. The largest absolute Gasteiger partial charge is 0.454 e. The van der Waals surface area contributed by atoms with Gasteiger partial charge in [0.05, 0.1) is 5.02 Å². The lowest BCUT2D eigenvalue weighted by Crippen LogP contribution is -2.23. The summed E-state index contributed by atoms with van der Waals surface area (Å²) in [4.78, 5) is 12.3. The molecule has 0 aliphatic carbocycles. The Balaban J connectivity index is 1.88. The normalized spacial score (nSPS) is 13.1. The summed E-state index contributed by atoms with van der Waals surface area (Å²) in [6.07, 6.45) is 0. The van der Waals surface area contributed by atoms with Crippen LogP contribution in [0.4, 0.5) is 5.69 Å². The number of amides is 1. The summed E-state index contributed by atoms with van der Waals surface area (Å²) in [7, 11) is -0.972. The van der Waals surface area contributed by atoms with E-state index in [2.05, 4.69) is 5.32 Å². The molecule has 9 heteroatoms. The fourth-order valence-corrected chi connectivity index (χ4v) is 3.61. The van der Waals surface area contributed by atoms with Gasteiger partial charge < -0.3 is 14.8 Å². The summed E-state index contributed by atoms with van der Waals surface area (Å²) in [6, 6.07) is 9.07. The first-order valence-electron chi connectivity index (χ1n) is 7.22.